The van der Waals surface area contributed by atoms with Crippen LogP contribution in [0.5, 0.6) is 5.75 Å². The van der Waals surface area contributed by atoms with Gasteiger partial charge in [-0.3, -0.25) is 9.59 Å². The molecule has 1 aliphatic heterocycles. The molecule has 0 spiro atoms. The number of benzene rings is 1. The van der Waals surface area contributed by atoms with E-state index in [4.69, 9.17) is 4.74 Å². The number of amides is 2. The maximum Gasteiger partial charge on any atom is 0.272 e. The van der Waals surface area contributed by atoms with Gasteiger partial charge < -0.3 is 19.9 Å². The van der Waals surface area contributed by atoms with Gasteiger partial charge in [0.1, 0.15) is 11.4 Å². The number of ether oxygens (including phenoxy) is 1. The zero-order valence-electron chi connectivity index (χ0n) is 15.6. The van der Waals surface area contributed by atoms with E-state index >= 15 is 0 Å². The third-order valence-electron chi connectivity index (χ3n) is 4.45. The summed E-state index contributed by atoms with van der Waals surface area (Å²) in [6.45, 7) is 6.34. The number of aromatic nitrogens is 1. The van der Waals surface area contributed by atoms with Crippen LogP contribution in [0.4, 0.5) is 11.4 Å². The smallest absolute Gasteiger partial charge is 0.272 e. The Balaban J connectivity index is 1.58. The van der Waals surface area contributed by atoms with Crippen molar-refractivity contribution < 1.29 is 14.3 Å². The largest absolute Gasteiger partial charge is 0.494 e. The van der Waals surface area contributed by atoms with E-state index in [-0.39, 0.29) is 11.8 Å². The summed E-state index contributed by atoms with van der Waals surface area (Å²) >= 11 is 0. The van der Waals surface area contributed by atoms with E-state index in [1.807, 2.05) is 37.3 Å². The maximum absolute atomic E-state index is 12.6. The van der Waals surface area contributed by atoms with Gasteiger partial charge in [-0.25, -0.2) is 4.98 Å². The molecule has 0 saturated carbocycles. The summed E-state index contributed by atoms with van der Waals surface area (Å²) in [5, 5.41) is 3.25. The number of hydrogen-bond acceptors (Lipinski definition) is 5. The average Bonchev–Trinajstić information content (AvgIpc) is 2.70. The zero-order valence-corrected chi connectivity index (χ0v) is 15.6. The third kappa shape index (κ3) is 4.75. The molecular weight excluding hydrogens is 344 g/mol. The highest BCUT2D eigenvalue weighted by Crippen LogP contribution is 2.20. The molecule has 7 nitrogen and oxygen atoms in total. The normalized spacial score (nSPS) is 14.0. The summed E-state index contributed by atoms with van der Waals surface area (Å²) in [4.78, 5) is 31.7. The SMILES string of the molecule is CCOc1ccc(Nc2ccc(C(=O)N3CCN(C(C)=O)CC3)nc2)cc1. The fourth-order valence-electron chi connectivity index (χ4n) is 2.95. The highest BCUT2D eigenvalue weighted by Gasteiger charge is 2.23. The summed E-state index contributed by atoms with van der Waals surface area (Å²) in [6.07, 6.45) is 1.65. The minimum Gasteiger partial charge on any atom is -0.494 e. The van der Waals surface area contributed by atoms with Crippen molar-refractivity contribution in [1.29, 1.82) is 0 Å². The van der Waals surface area contributed by atoms with Crippen LogP contribution in [0.3, 0.4) is 0 Å². The molecule has 1 aromatic heterocycles. The molecule has 1 aliphatic rings. The number of pyridine rings is 1. The lowest BCUT2D eigenvalue weighted by Gasteiger charge is -2.34. The molecule has 3 rings (SSSR count). The van der Waals surface area contributed by atoms with Crippen LogP contribution in [-0.2, 0) is 4.79 Å². The summed E-state index contributed by atoms with van der Waals surface area (Å²) < 4.78 is 5.43. The summed E-state index contributed by atoms with van der Waals surface area (Å²) in [5.41, 5.74) is 2.13. The van der Waals surface area contributed by atoms with E-state index < -0.39 is 0 Å². The van der Waals surface area contributed by atoms with Crippen molar-refractivity contribution in [2.24, 2.45) is 0 Å². The van der Waals surface area contributed by atoms with Gasteiger partial charge in [-0.05, 0) is 43.3 Å². The van der Waals surface area contributed by atoms with Crippen molar-refractivity contribution in [3.8, 4) is 5.75 Å². The first-order valence-electron chi connectivity index (χ1n) is 9.07. The van der Waals surface area contributed by atoms with Crippen LogP contribution in [0, 0.1) is 0 Å². The maximum atomic E-state index is 12.6. The number of piperazine rings is 1. The van der Waals surface area contributed by atoms with Crippen LogP contribution in [0.2, 0.25) is 0 Å². The second-order valence-corrected chi connectivity index (χ2v) is 6.31. The molecule has 0 atom stereocenters. The van der Waals surface area contributed by atoms with Gasteiger partial charge in [-0.1, -0.05) is 0 Å². The number of carbonyl (C=O) groups is 2. The molecule has 0 aliphatic carbocycles. The number of rotatable bonds is 5. The van der Waals surface area contributed by atoms with Crippen molar-refractivity contribution in [2.75, 3.05) is 38.1 Å². The Morgan fingerprint density at radius 3 is 2.19 bits per heavy atom. The van der Waals surface area contributed by atoms with Gasteiger partial charge in [0.25, 0.3) is 5.91 Å². The Hall–Kier alpha value is -3.09. The molecule has 2 amide bonds. The molecule has 0 radical (unpaired) electrons. The average molecular weight is 368 g/mol. The second-order valence-electron chi connectivity index (χ2n) is 6.31. The molecular formula is C20H24N4O3. The molecule has 2 heterocycles. The standard InChI is InChI=1S/C20H24N4O3/c1-3-27-18-7-4-16(5-8-18)22-17-6-9-19(21-14-17)20(26)24-12-10-23(11-13-24)15(2)25/h4-9,14,22H,3,10-13H2,1-2H3. The molecule has 1 aromatic carbocycles. The number of hydrogen-bond donors (Lipinski definition) is 1. The highest BCUT2D eigenvalue weighted by molar-refractivity contribution is 5.92. The van der Waals surface area contributed by atoms with Crippen molar-refractivity contribution in [2.45, 2.75) is 13.8 Å². The van der Waals surface area contributed by atoms with E-state index in [1.165, 1.54) is 0 Å². The van der Waals surface area contributed by atoms with Crippen molar-refractivity contribution >= 4 is 23.2 Å². The van der Waals surface area contributed by atoms with E-state index in [1.54, 1.807) is 29.0 Å². The predicted octanol–water partition coefficient (Wildman–Crippen LogP) is 2.53. The van der Waals surface area contributed by atoms with Crippen LogP contribution >= 0.6 is 0 Å². The molecule has 142 valence electrons. The Bertz CT molecular complexity index is 782. The van der Waals surface area contributed by atoms with E-state index in [2.05, 4.69) is 10.3 Å². The van der Waals surface area contributed by atoms with Gasteiger partial charge in [0.2, 0.25) is 5.91 Å². The van der Waals surface area contributed by atoms with Crippen molar-refractivity contribution in [3.05, 3.63) is 48.3 Å². The number of nitrogens with zero attached hydrogens (tertiary/aromatic N) is 3. The van der Waals surface area contributed by atoms with Crippen molar-refractivity contribution in [1.82, 2.24) is 14.8 Å². The van der Waals surface area contributed by atoms with Crippen LogP contribution in [0.1, 0.15) is 24.3 Å². The molecule has 0 bridgehead atoms. The van der Waals surface area contributed by atoms with Crippen molar-refractivity contribution in [3.63, 3.8) is 0 Å². The summed E-state index contributed by atoms with van der Waals surface area (Å²) in [6, 6.07) is 11.2. The number of carbonyl (C=O) groups excluding carboxylic acids is 2. The van der Waals surface area contributed by atoms with Gasteiger partial charge in [0.15, 0.2) is 0 Å². The topological polar surface area (TPSA) is 74.8 Å². The van der Waals surface area contributed by atoms with Gasteiger partial charge in [-0.15, -0.1) is 0 Å². The quantitative estimate of drug-likeness (QED) is 0.878. The van der Waals surface area contributed by atoms with Crippen LogP contribution in [0.15, 0.2) is 42.6 Å². The molecule has 0 unspecified atom stereocenters. The highest BCUT2D eigenvalue weighted by atomic mass is 16.5. The van der Waals surface area contributed by atoms with Crippen LogP contribution in [-0.4, -0.2) is 59.4 Å². The van der Waals surface area contributed by atoms with Gasteiger partial charge in [0.05, 0.1) is 18.5 Å². The Kier molecular flexibility index (Phi) is 5.90. The zero-order chi connectivity index (χ0) is 19.2. The fraction of sp³-hybridized carbons (Fsp3) is 0.350. The predicted molar refractivity (Wildman–Crippen MR) is 103 cm³/mol. The van der Waals surface area contributed by atoms with E-state index in [9.17, 15) is 9.59 Å². The number of nitrogens with one attached hydrogen (secondary N) is 1. The first kappa shape index (κ1) is 18.7. The number of anilines is 2. The Morgan fingerprint density at radius 1 is 1.00 bits per heavy atom. The summed E-state index contributed by atoms with van der Waals surface area (Å²) in [5.74, 6) is 0.766. The van der Waals surface area contributed by atoms with E-state index in [0.29, 0.717) is 38.5 Å². The molecule has 2 aromatic rings. The monoisotopic (exact) mass is 368 g/mol. The summed E-state index contributed by atoms with van der Waals surface area (Å²) in [7, 11) is 0. The van der Waals surface area contributed by atoms with Gasteiger partial charge in [-0.2, -0.15) is 0 Å². The first-order valence-corrected chi connectivity index (χ1v) is 9.07. The first-order chi connectivity index (χ1) is 13.1. The van der Waals surface area contributed by atoms with E-state index in [0.717, 1.165) is 17.1 Å². The third-order valence-corrected chi connectivity index (χ3v) is 4.45. The molecule has 1 saturated heterocycles. The van der Waals surface area contributed by atoms with Gasteiger partial charge >= 0.3 is 0 Å². The lowest BCUT2D eigenvalue weighted by Crippen LogP contribution is -2.50. The van der Waals surface area contributed by atoms with Crippen LogP contribution < -0.4 is 10.1 Å². The second kappa shape index (κ2) is 8.53. The lowest BCUT2D eigenvalue weighted by molar-refractivity contribution is -0.130. The molecule has 27 heavy (non-hydrogen) atoms. The molecule has 1 fully saturated rings. The lowest BCUT2D eigenvalue weighted by atomic mass is 10.2. The molecule has 1 N–H and O–H groups in total. The minimum absolute atomic E-state index is 0.0462. The Morgan fingerprint density at radius 2 is 1.63 bits per heavy atom. The molecule has 7 heteroatoms. The minimum atomic E-state index is -0.106. The van der Waals surface area contributed by atoms with Gasteiger partial charge in [0, 0.05) is 38.8 Å². The fourth-order valence-corrected chi connectivity index (χ4v) is 2.95. The van der Waals surface area contributed by atoms with Crippen LogP contribution in [0.25, 0.3) is 0 Å². The Labute approximate surface area is 158 Å².